The summed E-state index contributed by atoms with van der Waals surface area (Å²) in [4.78, 5) is 21.8. The zero-order chi connectivity index (χ0) is 20.5. The Balaban J connectivity index is 1.94. The predicted molar refractivity (Wildman–Crippen MR) is 118 cm³/mol. The van der Waals surface area contributed by atoms with E-state index < -0.39 is 0 Å². The molecule has 0 bridgehead atoms. The number of hydrogen-bond donors (Lipinski definition) is 0. The molecule has 1 aliphatic carbocycles. The van der Waals surface area contributed by atoms with Gasteiger partial charge >= 0.3 is 0 Å². The van der Waals surface area contributed by atoms with E-state index in [-0.39, 0.29) is 11.3 Å². The van der Waals surface area contributed by atoms with Crippen LogP contribution >= 0.6 is 11.3 Å². The van der Waals surface area contributed by atoms with Crippen LogP contribution in [0.25, 0.3) is 0 Å². The monoisotopic (exact) mass is 399 g/mol. The summed E-state index contributed by atoms with van der Waals surface area (Å²) in [7, 11) is 0. The number of hydrogen-bond acceptors (Lipinski definition) is 3. The van der Waals surface area contributed by atoms with Crippen LogP contribution in [0.2, 0.25) is 0 Å². The van der Waals surface area contributed by atoms with Gasteiger partial charge in [-0.05, 0) is 69.2 Å². The molecule has 0 atom stereocenters. The number of carbonyl (C=O) groups excluding carboxylic acids is 1. The SMILES string of the molecule is CCN(CC)c1ccc(C(=O)N=c2sc(C(C)(C)C)c(C)n2CC2CC2)cc1. The van der Waals surface area contributed by atoms with Crippen LogP contribution in [-0.2, 0) is 12.0 Å². The fourth-order valence-electron chi connectivity index (χ4n) is 3.59. The smallest absolute Gasteiger partial charge is 0.279 e. The van der Waals surface area contributed by atoms with Gasteiger partial charge in [0.25, 0.3) is 5.91 Å². The Morgan fingerprint density at radius 3 is 2.29 bits per heavy atom. The summed E-state index contributed by atoms with van der Waals surface area (Å²) < 4.78 is 2.27. The van der Waals surface area contributed by atoms with Crippen LogP contribution < -0.4 is 9.70 Å². The maximum Gasteiger partial charge on any atom is 0.279 e. The van der Waals surface area contributed by atoms with Gasteiger partial charge in [-0.25, -0.2) is 0 Å². The van der Waals surface area contributed by atoms with Gasteiger partial charge in [-0.3, -0.25) is 4.79 Å². The van der Waals surface area contributed by atoms with Gasteiger partial charge in [0.15, 0.2) is 4.80 Å². The van der Waals surface area contributed by atoms with E-state index in [2.05, 4.69) is 56.0 Å². The van der Waals surface area contributed by atoms with Crippen LogP contribution in [0.5, 0.6) is 0 Å². The largest absolute Gasteiger partial charge is 0.372 e. The van der Waals surface area contributed by atoms with Gasteiger partial charge in [-0.2, -0.15) is 4.99 Å². The third kappa shape index (κ3) is 4.57. The van der Waals surface area contributed by atoms with Crippen LogP contribution in [0.15, 0.2) is 29.3 Å². The minimum Gasteiger partial charge on any atom is -0.372 e. The lowest BCUT2D eigenvalue weighted by molar-refractivity contribution is 0.0997. The molecule has 152 valence electrons. The Morgan fingerprint density at radius 2 is 1.79 bits per heavy atom. The third-order valence-corrected chi connectivity index (χ3v) is 7.02. The molecule has 1 aliphatic rings. The highest BCUT2D eigenvalue weighted by Gasteiger charge is 2.27. The molecule has 3 rings (SSSR count). The average Bonchev–Trinajstić information content (AvgIpc) is 3.42. The number of benzene rings is 1. The van der Waals surface area contributed by atoms with Gasteiger partial charge in [-0.1, -0.05) is 20.8 Å². The second-order valence-electron chi connectivity index (χ2n) is 8.74. The molecule has 1 aromatic heterocycles. The van der Waals surface area contributed by atoms with Gasteiger partial charge < -0.3 is 9.47 Å². The van der Waals surface area contributed by atoms with Gasteiger partial charge in [0.2, 0.25) is 0 Å². The molecule has 0 unspecified atom stereocenters. The van der Waals surface area contributed by atoms with E-state index in [4.69, 9.17) is 0 Å². The molecule has 1 heterocycles. The summed E-state index contributed by atoms with van der Waals surface area (Å²) in [6.07, 6.45) is 2.57. The topological polar surface area (TPSA) is 37.6 Å². The lowest BCUT2D eigenvalue weighted by Gasteiger charge is -2.20. The molecule has 4 nitrogen and oxygen atoms in total. The molecule has 1 aromatic carbocycles. The molecule has 1 amide bonds. The van der Waals surface area contributed by atoms with Gasteiger partial charge in [-0.15, -0.1) is 11.3 Å². The van der Waals surface area contributed by atoms with Crippen LogP contribution in [0.4, 0.5) is 5.69 Å². The summed E-state index contributed by atoms with van der Waals surface area (Å²) in [6.45, 7) is 16.0. The number of aromatic nitrogens is 1. The van der Waals surface area contributed by atoms with Crippen molar-refractivity contribution < 1.29 is 4.79 Å². The van der Waals surface area contributed by atoms with E-state index in [0.717, 1.165) is 36.0 Å². The van der Waals surface area contributed by atoms with Crippen molar-refractivity contribution in [3.05, 3.63) is 45.2 Å². The van der Waals surface area contributed by atoms with Gasteiger partial charge in [0.1, 0.15) is 0 Å². The Morgan fingerprint density at radius 1 is 1.18 bits per heavy atom. The van der Waals surface area contributed by atoms with E-state index in [1.807, 2.05) is 24.3 Å². The average molecular weight is 400 g/mol. The Kier molecular flexibility index (Phi) is 6.13. The molecule has 0 saturated heterocycles. The van der Waals surface area contributed by atoms with Gasteiger partial charge in [0.05, 0.1) is 0 Å². The van der Waals surface area contributed by atoms with Crippen LogP contribution in [0.1, 0.15) is 68.4 Å². The van der Waals surface area contributed by atoms with E-state index in [1.165, 1.54) is 23.4 Å². The second kappa shape index (κ2) is 8.24. The van der Waals surface area contributed by atoms with Crippen molar-refractivity contribution in [1.29, 1.82) is 0 Å². The van der Waals surface area contributed by atoms with E-state index in [0.29, 0.717) is 5.56 Å². The van der Waals surface area contributed by atoms with Crippen molar-refractivity contribution in [3.8, 4) is 0 Å². The molecular weight excluding hydrogens is 366 g/mol. The molecule has 0 radical (unpaired) electrons. The molecule has 5 heteroatoms. The second-order valence-corrected chi connectivity index (χ2v) is 9.72. The summed E-state index contributed by atoms with van der Waals surface area (Å²) in [5.41, 5.74) is 3.11. The third-order valence-electron chi connectivity index (χ3n) is 5.42. The van der Waals surface area contributed by atoms with Crippen molar-refractivity contribution in [2.75, 3.05) is 18.0 Å². The maximum absolute atomic E-state index is 12.9. The summed E-state index contributed by atoms with van der Waals surface area (Å²) in [5, 5.41) is 0. The number of nitrogens with zero attached hydrogens (tertiary/aromatic N) is 3. The van der Waals surface area contributed by atoms with Crippen molar-refractivity contribution in [1.82, 2.24) is 4.57 Å². The number of carbonyl (C=O) groups is 1. The Hall–Kier alpha value is -1.88. The zero-order valence-electron chi connectivity index (χ0n) is 18.1. The zero-order valence-corrected chi connectivity index (χ0v) is 18.9. The first-order valence-corrected chi connectivity index (χ1v) is 11.2. The van der Waals surface area contributed by atoms with Crippen molar-refractivity contribution >= 4 is 22.9 Å². The lowest BCUT2D eigenvalue weighted by Crippen LogP contribution is -2.21. The van der Waals surface area contributed by atoms with Crippen LogP contribution in [0, 0.1) is 12.8 Å². The summed E-state index contributed by atoms with van der Waals surface area (Å²) in [5.74, 6) is 0.584. The van der Waals surface area contributed by atoms with Crippen molar-refractivity contribution in [2.45, 2.75) is 66.3 Å². The van der Waals surface area contributed by atoms with Crippen LogP contribution in [-0.4, -0.2) is 23.6 Å². The van der Waals surface area contributed by atoms with Gasteiger partial charge in [0, 0.05) is 41.5 Å². The van der Waals surface area contributed by atoms with E-state index >= 15 is 0 Å². The highest BCUT2D eigenvalue weighted by molar-refractivity contribution is 7.09. The lowest BCUT2D eigenvalue weighted by atomic mass is 9.93. The minimum atomic E-state index is -0.155. The number of thiazole rings is 1. The van der Waals surface area contributed by atoms with E-state index in [9.17, 15) is 4.79 Å². The van der Waals surface area contributed by atoms with Crippen molar-refractivity contribution in [2.24, 2.45) is 10.9 Å². The normalized spacial score (nSPS) is 15.1. The van der Waals surface area contributed by atoms with Crippen molar-refractivity contribution in [3.63, 3.8) is 0 Å². The first-order valence-electron chi connectivity index (χ1n) is 10.4. The van der Waals surface area contributed by atoms with Crippen LogP contribution in [0.3, 0.4) is 0 Å². The minimum absolute atomic E-state index is 0.0578. The standard InChI is InChI=1S/C23H33N3OS/c1-7-25(8-2)19-13-11-18(12-14-19)21(27)24-22-26(15-17-9-10-17)16(3)20(28-22)23(4,5)6/h11-14,17H,7-10,15H2,1-6H3. The van der Waals surface area contributed by atoms with E-state index in [1.54, 1.807) is 11.3 Å². The maximum atomic E-state index is 12.9. The summed E-state index contributed by atoms with van der Waals surface area (Å²) in [6, 6.07) is 7.84. The molecular formula is C23H33N3OS. The molecule has 28 heavy (non-hydrogen) atoms. The molecule has 1 saturated carbocycles. The molecule has 2 aromatic rings. The molecule has 0 N–H and O–H groups in total. The quantitative estimate of drug-likeness (QED) is 0.673. The number of anilines is 1. The number of rotatable bonds is 6. The highest BCUT2D eigenvalue weighted by Crippen LogP contribution is 2.33. The number of amides is 1. The molecule has 1 fully saturated rings. The first-order chi connectivity index (χ1) is 13.2. The highest BCUT2D eigenvalue weighted by atomic mass is 32.1. The first kappa shape index (κ1) is 20.8. The summed E-state index contributed by atoms with van der Waals surface area (Å²) >= 11 is 1.67. The Labute approximate surface area is 172 Å². The molecule has 0 aliphatic heterocycles. The fourth-order valence-corrected chi connectivity index (χ4v) is 4.79. The molecule has 0 spiro atoms. The predicted octanol–water partition coefficient (Wildman–Crippen LogP) is 5.15. The Bertz CT molecular complexity index is 891. The fraction of sp³-hybridized carbons (Fsp3) is 0.565.